The van der Waals surface area contributed by atoms with Crippen molar-refractivity contribution >= 4 is 5.91 Å². The van der Waals surface area contributed by atoms with Gasteiger partial charge in [0.15, 0.2) is 11.5 Å². The molecule has 1 fully saturated rings. The Kier molecular flexibility index (Phi) is 4.53. The van der Waals surface area contributed by atoms with E-state index >= 15 is 0 Å². The minimum absolute atomic E-state index is 0.0343. The Balaban J connectivity index is 1.50. The van der Waals surface area contributed by atoms with Crippen LogP contribution in [-0.2, 0) is 16.8 Å². The topological polar surface area (TPSA) is 47.6 Å². The Labute approximate surface area is 152 Å². The summed E-state index contributed by atoms with van der Waals surface area (Å²) in [6.45, 7) is 1.07. The summed E-state index contributed by atoms with van der Waals surface area (Å²) < 4.78 is 24.4. The van der Waals surface area contributed by atoms with E-state index in [0.717, 1.165) is 42.6 Å². The molecule has 0 spiro atoms. The lowest BCUT2D eigenvalue weighted by atomic mass is 9.87. The Morgan fingerprint density at radius 2 is 1.69 bits per heavy atom. The molecule has 0 bridgehead atoms. The fraction of sp³-hybridized carbons (Fsp3) is 0.381. The molecule has 1 aliphatic heterocycles. The van der Waals surface area contributed by atoms with Crippen LogP contribution in [-0.4, -0.2) is 19.1 Å². The molecule has 0 unspecified atom stereocenters. The molecule has 0 radical (unpaired) electrons. The van der Waals surface area contributed by atoms with Crippen LogP contribution in [0.1, 0.15) is 36.8 Å². The van der Waals surface area contributed by atoms with Gasteiger partial charge in [-0.1, -0.05) is 31.0 Å². The van der Waals surface area contributed by atoms with Crippen LogP contribution in [0, 0.1) is 5.82 Å². The first-order chi connectivity index (χ1) is 12.6. The maximum Gasteiger partial charge on any atom is 0.225 e. The summed E-state index contributed by atoms with van der Waals surface area (Å²) in [6.07, 6.45) is 4.15. The Hall–Kier alpha value is -2.56. The lowest BCUT2D eigenvalue weighted by molar-refractivity contribution is -0.122. The van der Waals surface area contributed by atoms with E-state index in [1.807, 2.05) is 18.2 Å². The maximum absolute atomic E-state index is 13.3. The zero-order chi connectivity index (χ0) is 18.0. The van der Waals surface area contributed by atoms with E-state index in [2.05, 4.69) is 5.32 Å². The molecule has 2 aromatic rings. The molecule has 1 N–H and O–H groups in total. The van der Waals surface area contributed by atoms with Gasteiger partial charge < -0.3 is 14.8 Å². The summed E-state index contributed by atoms with van der Waals surface area (Å²) in [6, 6.07) is 12.1. The third-order valence-electron chi connectivity index (χ3n) is 5.20. The number of carbonyl (C=O) groups excluding carboxylic acids is 1. The summed E-state index contributed by atoms with van der Waals surface area (Å²) in [5, 5.41) is 3.22. The van der Waals surface area contributed by atoms with Crippen molar-refractivity contribution in [3.05, 3.63) is 59.4 Å². The first-order valence-electron chi connectivity index (χ1n) is 9.10. The highest BCUT2D eigenvalue weighted by Crippen LogP contribution is 2.39. The van der Waals surface area contributed by atoms with Crippen LogP contribution in [0.5, 0.6) is 11.5 Å². The summed E-state index contributed by atoms with van der Waals surface area (Å²) in [4.78, 5) is 12.7. The third-order valence-corrected chi connectivity index (χ3v) is 5.20. The molecule has 0 aromatic heterocycles. The van der Waals surface area contributed by atoms with Crippen LogP contribution in [0.25, 0.3) is 0 Å². The number of hydrogen-bond acceptors (Lipinski definition) is 3. The first kappa shape index (κ1) is 16.9. The summed E-state index contributed by atoms with van der Waals surface area (Å²) in [5.74, 6) is 1.12. The molecule has 5 heteroatoms. The number of halogens is 1. The number of hydrogen-bond donors (Lipinski definition) is 1. The van der Waals surface area contributed by atoms with Gasteiger partial charge in [-0.3, -0.25) is 4.79 Å². The van der Waals surface area contributed by atoms with E-state index in [0.29, 0.717) is 19.0 Å². The van der Waals surface area contributed by atoms with E-state index in [1.54, 1.807) is 12.1 Å². The van der Waals surface area contributed by atoms with Gasteiger partial charge in [-0.15, -0.1) is 0 Å². The molecule has 1 aliphatic carbocycles. The zero-order valence-corrected chi connectivity index (χ0v) is 14.6. The molecule has 4 rings (SSSR count). The molecule has 4 nitrogen and oxygen atoms in total. The number of carbonyl (C=O) groups is 1. The maximum atomic E-state index is 13.3. The van der Waals surface area contributed by atoms with Gasteiger partial charge in [0.05, 0.1) is 12.0 Å². The second kappa shape index (κ2) is 6.98. The van der Waals surface area contributed by atoms with E-state index in [1.165, 1.54) is 12.1 Å². The fourth-order valence-corrected chi connectivity index (χ4v) is 3.93. The second-order valence-corrected chi connectivity index (χ2v) is 7.00. The Bertz CT molecular complexity index is 797. The third kappa shape index (κ3) is 3.39. The number of nitrogens with one attached hydrogen (secondary N) is 1. The van der Waals surface area contributed by atoms with Gasteiger partial charge in [0.25, 0.3) is 0 Å². The zero-order valence-electron chi connectivity index (χ0n) is 14.6. The number of ether oxygens (including phenoxy) is 2. The van der Waals surface area contributed by atoms with E-state index < -0.39 is 5.54 Å². The predicted molar refractivity (Wildman–Crippen MR) is 95.8 cm³/mol. The van der Waals surface area contributed by atoms with Crippen molar-refractivity contribution in [3.63, 3.8) is 0 Å². The molecular weight excluding hydrogens is 333 g/mol. The number of rotatable bonds is 4. The molecule has 2 aliphatic rings. The molecule has 0 saturated heterocycles. The molecule has 1 saturated carbocycles. The van der Waals surface area contributed by atoms with Gasteiger partial charge in [-0.05, 0) is 48.2 Å². The molecule has 1 heterocycles. The van der Waals surface area contributed by atoms with Crippen LogP contribution in [0.3, 0.4) is 0 Å². The van der Waals surface area contributed by atoms with Crippen molar-refractivity contribution < 1.29 is 18.7 Å². The van der Waals surface area contributed by atoms with Crippen molar-refractivity contribution in [2.45, 2.75) is 37.6 Å². The van der Waals surface area contributed by atoms with Gasteiger partial charge in [0.1, 0.15) is 19.0 Å². The molecular formula is C21H22FNO3. The standard InChI is InChI=1S/C21H22FNO3/c22-17-6-4-16(5-7-17)21(9-1-2-10-21)23-20(24)14-15-3-8-18-19(13-15)26-12-11-25-18/h3-8,13H,1-2,9-12,14H2,(H,23,24). The van der Waals surface area contributed by atoms with E-state index in [-0.39, 0.29) is 18.1 Å². The SMILES string of the molecule is O=C(Cc1ccc2c(c1)OCCO2)NC1(c2ccc(F)cc2)CCCC1. The van der Waals surface area contributed by atoms with Crippen molar-refractivity contribution in [1.82, 2.24) is 5.32 Å². The van der Waals surface area contributed by atoms with Gasteiger partial charge in [-0.25, -0.2) is 4.39 Å². The number of fused-ring (bicyclic) bond motifs is 1. The highest BCUT2D eigenvalue weighted by atomic mass is 19.1. The van der Waals surface area contributed by atoms with Crippen LogP contribution in [0.15, 0.2) is 42.5 Å². The minimum atomic E-state index is -0.390. The van der Waals surface area contributed by atoms with Crippen LogP contribution >= 0.6 is 0 Å². The monoisotopic (exact) mass is 355 g/mol. The lowest BCUT2D eigenvalue weighted by Gasteiger charge is -2.31. The first-order valence-corrected chi connectivity index (χ1v) is 9.10. The molecule has 2 aromatic carbocycles. The number of benzene rings is 2. The van der Waals surface area contributed by atoms with Crippen molar-refractivity contribution in [1.29, 1.82) is 0 Å². The minimum Gasteiger partial charge on any atom is -0.486 e. The largest absolute Gasteiger partial charge is 0.486 e. The quantitative estimate of drug-likeness (QED) is 0.909. The predicted octanol–water partition coefficient (Wildman–Crippen LogP) is 3.73. The van der Waals surface area contributed by atoms with Crippen LogP contribution in [0.4, 0.5) is 4.39 Å². The number of amides is 1. The van der Waals surface area contributed by atoms with E-state index in [4.69, 9.17) is 9.47 Å². The Morgan fingerprint density at radius 1 is 1.00 bits per heavy atom. The molecule has 26 heavy (non-hydrogen) atoms. The average Bonchev–Trinajstić information content (AvgIpc) is 3.11. The molecule has 136 valence electrons. The summed E-state index contributed by atoms with van der Waals surface area (Å²) in [7, 11) is 0. The van der Waals surface area contributed by atoms with Crippen LogP contribution in [0.2, 0.25) is 0 Å². The summed E-state index contributed by atoms with van der Waals surface area (Å²) >= 11 is 0. The fourth-order valence-electron chi connectivity index (χ4n) is 3.93. The van der Waals surface area contributed by atoms with Gasteiger partial charge in [-0.2, -0.15) is 0 Å². The van der Waals surface area contributed by atoms with Crippen molar-refractivity contribution in [2.24, 2.45) is 0 Å². The smallest absolute Gasteiger partial charge is 0.225 e. The van der Waals surface area contributed by atoms with Crippen LogP contribution < -0.4 is 14.8 Å². The second-order valence-electron chi connectivity index (χ2n) is 7.00. The van der Waals surface area contributed by atoms with Gasteiger partial charge in [0.2, 0.25) is 5.91 Å². The van der Waals surface area contributed by atoms with E-state index in [9.17, 15) is 9.18 Å². The lowest BCUT2D eigenvalue weighted by Crippen LogP contribution is -2.44. The van der Waals surface area contributed by atoms with Gasteiger partial charge in [0, 0.05) is 0 Å². The van der Waals surface area contributed by atoms with Crippen molar-refractivity contribution in [3.8, 4) is 11.5 Å². The van der Waals surface area contributed by atoms with Gasteiger partial charge >= 0.3 is 0 Å². The average molecular weight is 355 g/mol. The Morgan fingerprint density at radius 3 is 2.42 bits per heavy atom. The van der Waals surface area contributed by atoms with Crippen molar-refractivity contribution in [2.75, 3.05) is 13.2 Å². The normalized spacial score (nSPS) is 17.7. The highest BCUT2D eigenvalue weighted by molar-refractivity contribution is 5.80. The molecule has 0 atom stereocenters. The highest BCUT2D eigenvalue weighted by Gasteiger charge is 2.36. The summed E-state index contributed by atoms with van der Waals surface area (Å²) in [5.41, 5.74) is 1.48. The molecule has 1 amide bonds.